The maximum atomic E-state index is 14.0. The van der Waals surface area contributed by atoms with Gasteiger partial charge in [0, 0.05) is 16.7 Å². The molecule has 0 aliphatic heterocycles. The number of rotatable bonds is 31. The lowest BCUT2D eigenvalue weighted by Crippen LogP contribution is -2.11. The lowest BCUT2D eigenvalue weighted by atomic mass is 9.92. The van der Waals surface area contributed by atoms with Crippen molar-refractivity contribution in [2.24, 2.45) is 0 Å². The minimum Gasteiger partial charge on any atom is -0.494 e. The first-order valence-corrected chi connectivity index (χ1v) is 32.4. The van der Waals surface area contributed by atoms with Gasteiger partial charge in [-0.05, 0) is 256 Å². The largest absolute Gasteiger partial charge is 0.494 e. The highest BCUT2D eigenvalue weighted by Gasteiger charge is 2.22. The lowest BCUT2D eigenvalue weighted by Gasteiger charge is -2.17. The van der Waals surface area contributed by atoms with Crippen molar-refractivity contribution in [1.29, 1.82) is 0 Å². The first kappa shape index (κ1) is 70.4. The van der Waals surface area contributed by atoms with Crippen molar-refractivity contribution in [3.63, 3.8) is 0 Å². The number of unbranched alkanes of at least 4 members (excludes halogenated alkanes) is 6. The monoisotopic (exact) mass is 1340 g/mol. The molecule has 18 heteroatoms. The third-order valence-electron chi connectivity index (χ3n) is 15.6. The Morgan fingerprint density at radius 2 is 0.600 bits per heavy atom. The Morgan fingerprint density at radius 1 is 0.290 bits per heavy atom. The molecular formula is C82H70O18. The van der Waals surface area contributed by atoms with Crippen molar-refractivity contribution < 1.29 is 85.7 Å². The van der Waals surface area contributed by atoms with E-state index in [0.717, 1.165) is 72.9 Å². The predicted molar refractivity (Wildman–Crippen MR) is 375 cm³/mol. The van der Waals surface area contributed by atoms with Crippen LogP contribution in [0.25, 0.3) is 32.7 Å². The SMILES string of the molecule is C=C(C)C(=O)OCCCCCCOc1ccc(C(=O)Oc2ccc(C(=O)Oc3ccc(C(=O)Oc4cc(-c5c(OC(=O)c6ccc(OC(=O)c7ccc(OC(=O)c8ccc(OCCCCCCOC(=O)C(=C)C)cc8)cc7)cc6)ccc6ccccc56)c5ccccc5c4)cc3)cc2)cc1. The van der Waals surface area contributed by atoms with Gasteiger partial charge in [0.05, 0.1) is 59.8 Å². The summed E-state index contributed by atoms with van der Waals surface area (Å²) in [7, 11) is 0. The highest BCUT2D eigenvalue weighted by atomic mass is 16.6. The van der Waals surface area contributed by atoms with Gasteiger partial charge in [-0.2, -0.15) is 0 Å². The number of carbonyl (C=O) groups is 8. The highest BCUT2D eigenvalue weighted by molar-refractivity contribution is 6.09. The molecule has 0 fully saturated rings. The number of benzene rings is 10. The molecule has 0 radical (unpaired) electrons. The van der Waals surface area contributed by atoms with E-state index in [2.05, 4.69) is 13.2 Å². The zero-order valence-corrected chi connectivity index (χ0v) is 55.0. The molecule has 0 amide bonds. The summed E-state index contributed by atoms with van der Waals surface area (Å²) in [6, 6.07) is 58.7. The summed E-state index contributed by atoms with van der Waals surface area (Å²) in [5.74, 6) is -2.43. The molecule has 10 rings (SSSR count). The van der Waals surface area contributed by atoms with Crippen molar-refractivity contribution in [2.75, 3.05) is 26.4 Å². The number of fused-ring (bicyclic) bond motifs is 2. The lowest BCUT2D eigenvalue weighted by molar-refractivity contribution is -0.139. The number of ether oxygens (including phenoxy) is 10. The molecule has 10 aromatic carbocycles. The Morgan fingerprint density at radius 3 is 0.970 bits per heavy atom. The van der Waals surface area contributed by atoms with Crippen molar-refractivity contribution >= 4 is 69.3 Å². The van der Waals surface area contributed by atoms with Crippen LogP contribution in [-0.4, -0.2) is 74.2 Å². The van der Waals surface area contributed by atoms with E-state index >= 15 is 0 Å². The van der Waals surface area contributed by atoms with Crippen LogP contribution in [0.2, 0.25) is 0 Å². The molecule has 506 valence electrons. The minimum absolute atomic E-state index is 0.152. The van der Waals surface area contributed by atoms with Gasteiger partial charge in [0.25, 0.3) is 0 Å². The third-order valence-corrected chi connectivity index (χ3v) is 15.6. The normalized spacial score (nSPS) is 10.8. The molecule has 0 unspecified atom stereocenters. The molecule has 0 heterocycles. The van der Waals surface area contributed by atoms with Crippen molar-refractivity contribution in [3.8, 4) is 57.1 Å². The third kappa shape index (κ3) is 19.6. The second kappa shape index (κ2) is 34.5. The molecule has 0 aliphatic carbocycles. The van der Waals surface area contributed by atoms with Gasteiger partial charge in [0.15, 0.2) is 0 Å². The van der Waals surface area contributed by atoms with E-state index in [1.54, 1.807) is 80.6 Å². The maximum Gasteiger partial charge on any atom is 0.343 e. The Balaban J connectivity index is 0.704. The summed E-state index contributed by atoms with van der Waals surface area (Å²) in [4.78, 5) is 103. The molecule has 0 spiro atoms. The minimum atomic E-state index is -0.703. The zero-order chi connectivity index (χ0) is 70.3. The smallest absolute Gasteiger partial charge is 0.343 e. The summed E-state index contributed by atoms with van der Waals surface area (Å²) in [5, 5.41) is 3.09. The van der Waals surface area contributed by atoms with Crippen LogP contribution in [-0.2, 0) is 19.1 Å². The van der Waals surface area contributed by atoms with Crippen LogP contribution in [0, 0.1) is 0 Å². The summed E-state index contributed by atoms with van der Waals surface area (Å²) < 4.78 is 56.4. The number of carbonyl (C=O) groups excluding carboxylic acids is 8. The van der Waals surface area contributed by atoms with Gasteiger partial charge in [-0.3, -0.25) is 0 Å². The van der Waals surface area contributed by atoms with Gasteiger partial charge >= 0.3 is 47.8 Å². The molecule has 10 aromatic rings. The molecule has 0 aromatic heterocycles. The number of hydrogen-bond acceptors (Lipinski definition) is 18. The van der Waals surface area contributed by atoms with Crippen LogP contribution >= 0.6 is 0 Å². The first-order chi connectivity index (χ1) is 48.5. The molecule has 0 N–H and O–H groups in total. The Bertz CT molecular complexity index is 4610. The van der Waals surface area contributed by atoms with Crippen molar-refractivity contribution in [2.45, 2.75) is 65.2 Å². The zero-order valence-electron chi connectivity index (χ0n) is 55.0. The standard InChI is InChI=1S/C82H70O18/c1-53(2)75(83)93-49-15-7-5-13-47-91-63-34-21-56(22-35-63)77(85)95-65-38-25-58(26-39-65)79(87)97-67-42-29-60(30-43-67)81(89)99-69-51-62-18-10-11-19-70(62)72(52-69)74-71-20-12-9-17-55(71)33-46-73(74)100-82(90)61-31-44-68(45-32-61)98-80(88)59-27-40-66(41-28-59)96-78(86)57-23-36-64(37-24-57)92-48-14-6-8-16-50-94-76(84)54(3)4/h9-12,17-46,51-52H,1,3,5-8,13-16,47-50H2,2,4H3. The first-order valence-electron chi connectivity index (χ1n) is 32.4. The van der Waals surface area contributed by atoms with Gasteiger partial charge in [-0.1, -0.05) is 67.8 Å². The van der Waals surface area contributed by atoms with Crippen LogP contribution in [0.3, 0.4) is 0 Å². The summed E-state index contributed by atoms with van der Waals surface area (Å²) >= 11 is 0. The molecular weight excluding hydrogens is 1270 g/mol. The van der Waals surface area contributed by atoms with Crippen LogP contribution in [0.15, 0.2) is 243 Å². The number of esters is 8. The average Bonchev–Trinajstić information content (AvgIpc) is 0.758. The quantitative estimate of drug-likeness (QED) is 0.0170. The van der Waals surface area contributed by atoms with Crippen LogP contribution in [0.5, 0.6) is 46.0 Å². The van der Waals surface area contributed by atoms with Crippen molar-refractivity contribution in [3.05, 3.63) is 276 Å². The molecule has 0 saturated heterocycles. The van der Waals surface area contributed by atoms with E-state index in [1.807, 2.05) is 54.6 Å². The van der Waals surface area contributed by atoms with Crippen LogP contribution in [0.4, 0.5) is 0 Å². The number of hydrogen-bond donors (Lipinski definition) is 0. The Hall–Kier alpha value is -12.4. The fourth-order valence-electron chi connectivity index (χ4n) is 10.2. The van der Waals surface area contributed by atoms with E-state index in [1.165, 1.54) is 97.1 Å². The van der Waals surface area contributed by atoms with E-state index in [4.69, 9.17) is 47.4 Å². The second-order valence-electron chi connectivity index (χ2n) is 23.2. The Labute approximate surface area is 577 Å². The highest BCUT2D eigenvalue weighted by Crippen LogP contribution is 2.43. The molecule has 0 bridgehead atoms. The molecule has 0 atom stereocenters. The summed E-state index contributed by atoms with van der Waals surface area (Å²) in [6.45, 7) is 12.0. The average molecular weight is 1340 g/mol. The topological polar surface area (TPSA) is 229 Å². The molecule has 100 heavy (non-hydrogen) atoms. The van der Waals surface area contributed by atoms with E-state index < -0.39 is 35.8 Å². The van der Waals surface area contributed by atoms with Gasteiger partial charge in [0.2, 0.25) is 0 Å². The van der Waals surface area contributed by atoms with Gasteiger partial charge in [0.1, 0.15) is 46.0 Å². The van der Waals surface area contributed by atoms with E-state index in [0.29, 0.717) is 71.3 Å². The van der Waals surface area contributed by atoms with E-state index in [9.17, 15) is 38.4 Å². The second-order valence-corrected chi connectivity index (χ2v) is 23.2. The van der Waals surface area contributed by atoms with Gasteiger partial charge in [-0.25, -0.2) is 38.4 Å². The fourth-order valence-corrected chi connectivity index (χ4v) is 10.2. The predicted octanol–water partition coefficient (Wildman–Crippen LogP) is 17.1. The molecule has 18 nitrogen and oxygen atoms in total. The van der Waals surface area contributed by atoms with Crippen LogP contribution in [0.1, 0.15) is 127 Å². The molecule has 0 aliphatic rings. The fraction of sp³-hybridized carbons (Fsp3) is 0.171. The van der Waals surface area contributed by atoms with Gasteiger partial charge < -0.3 is 47.4 Å². The Kier molecular flexibility index (Phi) is 24.3. The van der Waals surface area contributed by atoms with E-state index in [-0.39, 0.29) is 68.7 Å². The van der Waals surface area contributed by atoms with Gasteiger partial charge in [-0.15, -0.1) is 0 Å². The molecule has 0 saturated carbocycles. The maximum absolute atomic E-state index is 14.0. The van der Waals surface area contributed by atoms with Crippen molar-refractivity contribution in [1.82, 2.24) is 0 Å². The van der Waals surface area contributed by atoms with Crippen LogP contribution < -0.4 is 37.9 Å². The summed E-state index contributed by atoms with van der Waals surface area (Å²) in [6.07, 6.45) is 6.71. The summed E-state index contributed by atoms with van der Waals surface area (Å²) in [5.41, 5.74) is 3.18.